The van der Waals surface area contributed by atoms with Gasteiger partial charge in [-0.2, -0.15) is 0 Å². The third-order valence-corrected chi connectivity index (χ3v) is 3.21. The van der Waals surface area contributed by atoms with Gasteiger partial charge in [-0.15, -0.1) is 0 Å². The summed E-state index contributed by atoms with van der Waals surface area (Å²) >= 11 is 3.42. The van der Waals surface area contributed by atoms with Crippen molar-refractivity contribution in [3.05, 3.63) is 58.3 Å². The van der Waals surface area contributed by atoms with Gasteiger partial charge in [0.25, 0.3) is 0 Å². The van der Waals surface area contributed by atoms with E-state index in [1.54, 1.807) is 6.07 Å². The Labute approximate surface area is 114 Å². The maximum atomic E-state index is 13.1. The molecule has 94 valence electrons. The average molecular weight is 309 g/mol. The second-order valence-corrected chi connectivity index (χ2v) is 5.10. The average Bonchev–Trinajstić information content (AvgIpc) is 2.32. The number of hydrogen-bond donors (Lipinski definition) is 1. The number of hydrogen-bond acceptors (Lipinski definition) is 2. The molecule has 0 aliphatic carbocycles. The van der Waals surface area contributed by atoms with Gasteiger partial charge in [0.05, 0.1) is 11.4 Å². The number of nitrogen functional groups attached to an aromatic ring is 1. The molecular formula is C14H14BrFN2. The Hall–Kier alpha value is -1.55. The number of nitrogens with two attached hydrogens (primary N) is 1. The first-order valence-corrected chi connectivity index (χ1v) is 6.36. The Morgan fingerprint density at radius 3 is 2.72 bits per heavy atom. The third-order valence-electron chi connectivity index (χ3n) is 2.71. The number of halogens is 2. The Kier molecular flexibility index (Phi) is 3.87. The van der Waals surface area contributed by atoms with Crippen LogP contribution in [-0.2, 0) is 6.54 Å². The van der Waals surface area contributed by atoms with Gasteiger partial charge in [-0.25, -0.2) is 4.39 Å². The van der Waals surface area contributed by atoms with Crippen LogP contribution in [-0.4, -0.2) is 7.05 Å². The fourth-order valence-corrected chi connectivity index (χ4v) is 2.19. The summed E-state index contributed by atoms with van der Waals surface area (Å²) in [7, 11) is 1.93. The fourth-order valence-electron chi connectivity index (χ4n) is 1.84. The van der Waals surface area contributed by atoms with Gasteiger partial charge in [0.15, 0.2) is 0 Å². The van der Waals surface area contributed by atoms with Crippen molar-refractivity contribution in [2.45, 2.75) is 6.54 Å². The molecule has 0 unspecified atom stereocenters. The Balaban J connectivity index is 2.21. The summed E-state index contributed by atoms with van der Waals surface area (Å²) in [5, 5.41) is 0. The van der Waals surface area contributed by atoms with Gasteiger partial charge < -0.3 is 10.6 Å². The second-order valence-electron chi connectivity index (χ2n) is 4.19. The first kappa shape index (κ1) is 12.9. The van der Waals surface area contributed by atoms with E-state index in [0.29, 0.717) is 12.2 Å². The number of anilines is 2. The van der Waals surface area contributed by atoms with Crippen molar-refractivity contribution in [1.82, 2.24) is 0 Å². The maximum absolute atomic E-state index is 13.1. The quantitative estimate of drug-likeness (QED) is 0.874. The minimum absolute atomic E-state index is 0.219. The molecular weight excluding hydrogens is 295 g/mol. The van der Waals surface area contributed by atoms with Crippen molar-refractivity contribution < 1.29 is 4.39 Å². The molecule has 4 heteroatoms. The van der Waals surface area contributed by atoms with Crippen molar-refractivity contribution in [3.8, 4) is 0 Å². The molecule has 0 radical (unpaired) electrons. The molecule has 2 aromatic rings. The van der Waals surface area contributed by atoms with Crippen LogP contribution >= 0.6 is 15.9 Å². The summed E-state index contributed by atoms with van der Waals surface area (Å²) in [6, 6.07) is 12.3. The van der Waals surface area contributed by atoms with Crippen molar-refractivity contribution in [2.24, 2.45) is 0 Å². The highest BCUT2D eigenvalue weighted by molar-refractivity contribution is 9.10. The maximum Gasteiger partial charge on any atom is 0.123 e. The van der Waals surface area contributed by atoms with Crippen LogP contribution in [0.5, 0.6) is 0 Å². The standard InChI is InChI=1S/C14H14BrFN2/c1-18(9-10-3-2-4-12(16)7-10)14-8-11(15)5-6-13(14)17/h2-8H,9,17H2,1H3. The predicted molar refractivity (Wildman–Crippen MR) is 77.1 cm³/mol. The van der Waals surface area contributed by atoms with E-state index >= 15 is 0 Å². The van der Waals surface area contributed by atoms with E-state index in [9.17, 15) is 4.39 Å². The molecule has 0 bridgehead atoms. The fraction of sp³-hybridized carbons (Fsp3) is 0.143. The van der Waals surface area contributed by atoms with Gasteiger partial charge in [-0.1, -0.05) is 28.1 Å². The molecule has 0 amide bonds. The Morgan fingerprint density at radius 1 is 1.22 bits per heavy atom. The van der Waals surface area contributed by atoms with Crippen molar-refractivity contribution >= 4 is 27.3 Å². The van der Waals surface area contributed by atoms with Crippen molar-refractivity contribution in [1.29, 1.82) is 0 Å². The first-order chi connectivity index (χ1) is 8.56. The van der Waals surface area contributed by atoms with Crippen LogP contribution in [0.1, 0.15) is 5.56 Å². The minimum atomic E-state index is -0.219. The first-order valence-electron chi connectivity index (χ1n) is 5.57. The summed E-state index contributed by atoms with van der Waals surface area (Å²) in [5.41, 5.74) is 8.48. The van der Waals surface area contributed by atoms with Crippen LogP contribution in [0.3, 0.4) is 0 Å². The zero-order valence-corrected chi connectivity index (χ0v) is 11.6. The van der Waals surface area contributed by atoms with Crippen LogP contribution in [0.25, 0.3) is 0 Å². The van der Waals surface area contributed by atoms with Gasteiger partial charge in [-0.3, -0.25) is 0 Å². The molecule has 0 saturated heterocycles. The van der Waals surface area contributed by atoms with Crippen LogP contribution in [0.15, 0.2) is 46.9 Å². The SMILES string of the molecule is CN(Cc1cccc(F)c1)c1cc(Br)ccc1N. The molecule has 2 nitrogen and oxygen atoms in total. The Bertz CT molecular complexity index is 557. The van der Waals surface area contributed by atoms with Crippen LogP contribution in [0, 0.1) is 5.82 Å². The molecule has 18 heavy (non-hydrogen) atoms. The summed E-state index contributed by atoms with van der Waals surface area (Å²) in [6.07, 6.45) is 0. The van der Waals surface area contributed by atoms with Crippen LogP contribution in [0.4, 0.5) is 15.8 Å². The highest BCUT2D eigenvalue weighted by Crippen LogP contribution is 2.27. The monoisotopic (exact) mass is 308 g/mol. The van der Waals surface area contributed by atoms with Crippen molar-refractivity contribution in [2.75, 3.05) is 17.7 Å². The summed E-state index contributed by atoms with van der Waals surface area (Å²) < 4.78 is 14.1. The minimum Gasteiger partial charge on any atom is -0.397 e. The van der Waals surface area contributed by atoms with Gasteiger partial charge in [0.2, 0.25) is 0 Å². The summed E-state index contributed by atoms with van der Waals surface area (Å²) in [4.78, 5) is 1.99. The molecule has 0 aromatic heterocycles. The van der Waals surface area contributed by atoms with Gasteiger partial charge >= 0.3 is 0 Å². The van der Waals surface area contributed by atoms with Gasteiger partial charge in [-0.05, 0) is 35.9 Å². The molecule has 2 aromatic carbocycles. The van der Waals surface area contributed by atoms with E-state index in [2.05, 4.69) is 15.9 Å². The molecule has 0 spiro atoms. The number of benzene rings is 2. The zero-order valence-electron chi connectivity index (χ0n) is 10.0. The smallest absolute Gasteiger partial charge is 0.123 e. The highest BCUT2D eigenvalue weighted by atomic mass is 79.9. The van der Waals surface area contributed by atoms with E-state index in [-0.39, 0.29) is 5.82 Å². The molecule has 2 rings (SSSR count). The predicted octanol–water partition coefficient (Wildman–Crippen LogP) is 3.81. The molecule has 0 fully saturated rings. The van der Waals surface area contributed by atoms with Crippen LogP contribution < -0.4 is 10.6 Å². The van der Waals surface area contributed by atoms with E-state index < -0.39 is 0 Å². The molecule has 0 atom stereocenters. The lowest BCUT2D eigenvalue weighted by atomic mass is 10.2. The van der Waals surface area contributed by atoms with E-state index in [4.69, 9.17) is 5.73 Å². The van der Waals surface area contributed by atoms with E-state index in [1.807, 2.05) is 36.2 Å². The summed E-state index contributed by atoms with van der Waals surface area (Å²) in [6.45, 7) is 0.610. The zero-order chi connectivity index (χ0) is 13.1. The number of nitrogens with zero attached hydrogens (tertiary/aromatic N) is 1. The van der Waals surface area contributed by atoms with E-state index in [1.165, 1.54) is 12.1 Å². The number of rotatable bonds is 3. The van der Waals surface area contributed by atoms with Crippen LogP contribution in [0.2, 0.25) is 0 Å². The summed E-state index contributed by atoms with van der Waals surface area (Å²) in [5.74, 6) is -0.219. The lowest BCUT2D eigenvalue weighted by Crippen LogP contribution is -2.17. The molecule has 0 heterocycles. The normalized spacial score (nSPS) is 10.4. The molecule has 2 N–H and O–H groups in total. The Morgan fingerprint density at radius 2 is 2.00 bits per heavy atom. The molecule has 0 aliphatic heterocycles. The lowest BCUT2D eigenvalue weighted by Gasteiger charge is -2.21. The highest BCUT2D eigenvalue weighted by Gasteiger charge is 2.07. The molecule has 0 aliphatic rings. The largest absolute Gasteiger partial charge is 0.397 e. The van der Waals surface area contributed by atoms with Crippen molar-refractivity contribution in [3.63, 3.8) is 0 Å². The van der Waals surface area contributed by atoms with Gasteiger partial charge in [0, 0.05) is 18.1 Å². The lowest BCUT2D eigenvalue weighted by molar-refractivity contribution is 0.625. The second kappa shape index (κ2) is 5.40. The third kappa shape index (κ3) is 3.01. The molecule has 0 saturated carbocycles. The van der Waals surface area contributed by atoms with E-state index in [0.717, 1.165) is 15.7 Å². The van der Waals surface area contributed by atoms with Gasteiger partial charge in [0.1, 0.15) is 5.82 Å². The topological polar surface area (TPSA) is 29.3 Å².